The highest BCUT2D eigenvalue weighted by atomic mass is 19.1. The van der Waals surface area contributed by atoms with Crippen LogP contribution in [0.5, 0.6) is 5.75 Å². The minimum Gasteiger partial charge on any atom is -0.496 e. The fraction of sp³-hybridized carbons (Fsp3) is 0.242. The van der Waals surface area contributed by atoms with E-state index in [0.29, 0.717) is 17.8 Å². The van der Waals surface area contributed by atoms with Gasteiger partial charge in [0.25, 0.3) is 0 Å². The first-order valence-corrected chi connectivity index (χ1v) is 13.8. The average Bonchev–Trinajstić information content (AvgIpc) is 3.51. The minimum absolute atomic E-state index is 0.145. The second kappa shape index (κ2) is 11.4. The molecule has 3 heterocycles. The fourth-order valence-corrected chi connectivity index (χ4v) is 4.94. The summed E-state index contributed by atoms with van der Waals surface area (Å²) < 4.78 is 39.3. The maximum absolute atomic E-state index is 15.0. The lowest BCUT2D eigenvalue weighted by atomic mass is 10.0. The molecule has 222 valence electrons. The molecule has 10 heteroatoms. The van der Waals surface area contributed by atoms with Crippen molar-refractivity contribution < 1.29 is 23.1 Å². The topological polar surface area (TPSA) is 89.7 Å². The summed E-state index contributed by atoms with van der Waals surface area (Å²) in [4.78, 5) is 30.4. The number of hydrogen-bond donors (Lipinski definition) is 2. The van der Waals surface area contributed by atoms with Crippen LogP contribution in [0.2, 0.25) is 0 Å². The highest BCUT2D eigenvalue weighted by Crippen LogP contribution is 2.37. The third-order valence-corrected chi connectivity index (χ3v) is 7.21. The molecular formula is C33H33F2N5O3. The number of methoxy groups -OCH3 is 1. The standard InChI is InChI=1S/C33H33F2N5O3/c1-19-37-25-17-22(29(43-6)18-28(25)39(19)5)21-9-8-14-40-26(21)11-12-27(40)32(42)20-15-23(34)31(24(35)16-20)38-30(41)10-7-13-36-33(2,3)4/h7-12,14-18,36H,13H2,1-6H3,(H,38,41)/b10-7+. The van der Waals surface area contributed by atoms with Crippen LogP contribution in [-0.4, -0.2) is 44.8 Å². The molecule has 8 nitrogen and oxygen atoms in total. The van der Waals surface area contributed by atoms with Gasteiger partial charge in [0.05, 0.1) is 29.4 Å². The summed E-state index contributed by atoms with van der Waals surface area (Å²) in [7, 11) is 3.53. The van der Waals surface area contributed by atoms with Gasteiger partial charge in [0, 0.05) is 54.2 Å². The fourth-order valence-electron chi connectivity index (χ4n) is 4.94. The second-order valence-electron chi connectivity index (χ2n) is 11.3. The molecule has 0 unspecified atom stereocenters. The van der Waals surface area contributed by atoms with Gasteiger partial charge in [-0.05, 0) is 64.1 Å². The average molecular weight is 586 g/mol. The highest BCUT2D eigenvalue weighted by Gasteiger charge is 2.21. The SMILES string of the molecule is COc1cc2c(cc1-c1cccn3c(C(=O)c4cc(F)c(NC(=O)/C=C/CNC(C)(C)C)c(F)c4)ccc13)nc(C)n2C. The number of carbonyl (C=O) groups is 2. The molecule has 2 aromatic carbocycles. The number of rotatable bonds is 8. The number of anilines is 1. The number of hydrogen-bond acceptors (Lipinski definition) is 5. The van der Waals surface area contributed by atoms with E-state index in [0.717, 1.165) is 40.1 Å². The van der Waals surface area contributed by atoms with E-state index in [1.54, 1.807) is 42.0 Å². The summed E-state index contributed by atoms with van der Waals surface area (Å²) in [5, 5.41) is 5.40. The Morgan fingerprint density at radius 2 is 1.74 bits per heavy atom. The largest absolute Gasteiger partial charge is 0.496 e. The number of carbonyl (C=O) groups excluding carboxylic acids is 2. The number of nitrogens with zero attached hydrogens (tertiary/aromatic N) is 3. The lowest BCUT2D eigenvalue weighted by molar-refractivity contribution is -0.112. The molecule has 0 spiro atoms. The number of pyridine rings is 1. The Morgan fingerprint density at radius 3 is 2.42 bits per heavy atom. The Balaban J connectivity index is 1.44. The molecule has 0 bridgehead atoms. The van der Waals surface area contributed by atoms with Gasteiger partial charge in [-0.15, -0.1) is 0 Å². The predicted octanol–water partition coefficient (Wildman–Crippen LogP) is 6.20. The Labute approximate surface area is 248 Å². The Kier molecular flexibility index (Phi) is 7.90. The number of benzene rings is 2. The summed E-state index contributed by atoms with van der Waals surface area (Å²) >= 11 is 0. The molecule has 0 saturated heterocycles. The molecule has 0 fully saturated rings. The number of nitrogens with one attached hydrogen (secondary N) is 2. The lowest BCUT2D eigenvalue weighted by Crippen LogP contribution is -2.35. The van der Waals surface area contributed by atoms with E-state index in [1.807, 2.05) is 57.5 Å². The number of imidazole rings is 1. The number of ketones is 1. The molecule has 5 aromatic rings. The zero-order valence-electron chi connectivity index (χ0n) is 24.9. The maximum Gasteiger partial charge on any atom is 0.248 e. The van der Waals surface area contributed by atoms with E-state index >= 15 is 0 Å². The van der Waals surface area contributed by atoms with Crippen molar-refractivity contribution in [1.82, 2.24) is 19.3 Å². The van der Waals surface area contributed by atoms with Crippen LogP contribution in [0.4, 0.5) is 14.5 Å². The Morgan fingerprint density at radius 1 is 1.02 bits per heavy atom. The predicted molar refractivity (Wildman–Crippen MR) is 164 cm³/mol. The first-order chi connectivity index (χ1) is 20.4. The van der Waals surface area contributed by atoms with Gasteiger partial charge in [-0.2, -0.15) is 0 Å². The number of aromatic nitrogens is 3. The molecule has 0 atom stereocenters. The van der Waals surface area contributed by atoms with E-state index in [2.05, 4.69) is 15.6 Å². The zero-order chi connectivity index (χ0) is 31.1. The van der Waals surface area contributed by atoms with Crippen molar-refractivity contribution >= 4 is 33.9 Å². The molecule has 3 aromatic heterocycles. The maximum atomic E-state index is 15.0. The van der Waals surface area contributed by atoms with E-state index in [4.69, 9.17) is 4.74 Å². The van der Waals surface area contributed by atoms with Crippen LogP contribution in [0, 0.1) is 18.6 Å². The van der Waals surface area contributed by atoms with Gasteiger partial charge in [-0.3, -0.25) is 9.59 Å². The van der Waals surface area contributed by atoms with Gasteiger partial charge in [0.15, 0.2) is 0 Å². The normalized spacial score (nSPS) is 12.0. The molecular weight excluding hydrogens is 552 g/mol. The molecule has 0 aliphatic rings. The highest BCUT2D eigenvalue weighted by molar-refractivity contribution is 6.09. The van der Waals surface area contributed by atoms with Crippen LogP contribution in [0.3, 0.4) is 0 Å². The lowest BCUT2D eigenvalue weighted by Gasteiger charge is -2.18. The smallest absolute Gasteiger partial charge is 0.248 e. The first-order valence-electron chi connectivity index (χ1n) is 13.8. The van der Waals surface area contributed by atoms with Crippen LogP contribution in [0.15, 0.2) is 66.9 Å². The van der Waals surface area contributed by atoms with Gasteiger partial charge in [0.2, 0.25) is 11.7 Å². The van der Waals surface area contributed by atoms with E-state index in [-0.39, 0.29) is 16.8 Å². The summed E-state index contributed by atoms with van der Waals surface area (Å²) in [5.41, 5.74) is 3.28. The van der Waals surface area contributed by atoms with Crippen molar-refractivity contribution in [1.29, 1.82) is 0 Å². The number of ether oxygens (including phenoxy) is 1. The molecule has 43 heavy (non-hydrogen) atoms. The third-order valence-electron chi connectivity index (χ3n) is 7.21. The Hall–Kier alpha value is -4.83. The summed E-state index contributed by atoms with van der Waals surface area (Å²) in [6, 6.07) is 12.8. The van der Waals surface area contributed by atoms with Gasteiger partial charge < -0.3 is 24.3 Å². The van der Waals surface area contributed by atoms with Crippen molar-refractivity contribution in [2.45, 2.75) is 33.2 Å². The van der Waals surface area contributed by atoms with Crippen LogP contribution in [0.25, 0.3) is 27.7 Å². The summed E-state index contributed by atoms with van der Waals surface area (Å²) in [6.07, 6.45) is 4.47. The van der Waals surface area contributed by atoms with Gasteiger partial charge >= 0.3 is 0 Å². The first kappa shape index (κ1) is 29.7. The number of aryl methyl sites for hydroxylation is 2. The second-order valence-corrected chi connectivity index (χ2v) is 11.3. The quantitative estimate of drug-likeness (QED) is 0.167. The van der Waals surface area contributed by atoms with Crippen molar-refractivity contribution in [2.24, 2.45) is 7.05 Å². The van der Waals surface area contributed by atoms with Crippen LogP contribution >= 0.6 is 0 Å². The molecule has 0 saturated carbocycles. The number of fused-ring (bicyclic) bond motifs is 2. The monoisotopic (exact) mass is 585 g/mol. The van der Waals surface area contributed by atoms with Crippen molar-refractivity contribution in [3.63, 3.8) is 0 Å². The summed E-state index contributed by atoms with van der Waals surface area (Å²) in [6.45, 7) is 8.26. The van der Waals surface area contributed by atoms with Gasteiger partial charge in [-0.1, -0.05) is 12.1 Å². The van der Waals surface area contributed by atoms with Crippen molar-refractivity contribution in [2.75, 3.05) is 19.0 Å². The van der Waals surface area contributed by atoms with Crippen molar-refractivity contribution in [3.05, 3.63) is 95.6 Å². The minimum atomic E-state index is -1.05. The molecule has 1 amide bonds. The molecule has 0 radical (unpaired) electrons. The van der Waals surface area contributed by atoms with Gasteiger partial charge in [-0.25, -0.2) is 13.8 Å². The molecule has 0 aliphatic heterocycles. The van der Waals surface area contributed by atoms with Crippen LogP contribution in [-0.2, 0) is 11.8 Å². The molecule has 2 N–H and O–H groups in total. The third kappa shape index (κ3) is 5.91. The van der Waals surface area contributed by atoms with Gasteiger partial charge in [0.1, 0.15) is 28.9 Å². The number of amides is 1. The van der Waals surface area contributed by atoms with Crippen LogP contribution in [0.1, 0.15) is 42.6 Å². The van der Waals surface area contributed by atoms with E-state index < -0.39 is 29.0 Å². The Bertz CT molecular complexity index is 1890. The van der Waals surface area contributed by atoms with E-state index in [9.17, 15) is 18.4 Å². The molecule has 5 rings (SSSR count). The van der Waals surface area contributed by atoms with Crippen LogP contribution < -0.4 is 15.4 Å². The van der Waals surface area contributed by atoms with Crippen molar-refractivity contribution in [3.8, 4) is 16.9 Å². The summed E-state index contributed by atoms with van der Waals surface area (Å²) in [5.74, 6) is -1.88. The zero-order valence-corrected chi connectivity index (χ0v) is 24.9. The van der Waals surface area contributed by atoms with E-state index in [1.165, 1.54) is 6.08 Å². The molecule has 0 aliphatic carbocycles. The number of halogens is 2.